The third kappa shape index (κ3) is 10.9. The standard InChI is InChI=1S/C29H32N2O.C9H11FO.C2H6/c1-6-7-14-28(24-11-10-17-30-19-24)31-22(5)25-16-15-23(18-21(25)4)26-12-8-9-13-27(26)29(32)20(2)3;1-2-3-7-4-5-8(10)9(11)6-7;1-2/h8-20H,6-7H2,1-5H3;4-6,11H,2-3H2,1H3;1-2H3/b28-14+,31-22?;;. The number of allylic oxidation sites excluding steroid dienone is 1. The molecule has 1 heterocycles. The van der Waals surface area contributed by atoms with Gasteiger partial charge in [0.1, 0.15) is 0 Å². The molecule has 45 heavy (non-hydrogen) atoms. The van der Waals surface area contributed by atoms with Crippen LogP contribution >= 0.6 is 0 Å². The molecule has 238 valence electrons. The molecule has 0 bridgehead atoms. The molecule has 0 aliphatic rings. The minimum absolute atomic E-state index is 0.0355. The molecule has 1 N–H and O–H groups in total. The number of unbranched alkanes of at least 4 members (excludes halogenated alkanes) is 1. The molecule has 4 aromatic rings. The molecule has 0 radical (unpaired) electrons. The number of phenols is 1. The summed E-state index contributed by atoms with van der Waals surface area (Å²) in [7, 11) is 0. The number of aryl methyl sites for hydroxylation is 2. The topological polar surface area (TPSA) is 62.5 Å². The maximum absolute atomic E-state index is 12.7. The van der Waals surface area contributed by atoms with Crippen LogP contribution in [0.15, 0.2) is 96.3 Å². The molecule has 5 heteroatoms. The van der Waals surface area contributed by atoms with Crippen LogP contribution < -0.4 is 0 Å². The molecule has 4 nitrogen and oxygen atoms in total. The molecule has 0 spiro atoms. The first-order chi connectivity index (χ1) is 21.7. The van der Waals surface area contributed by atoms with Crippen molar-refractivity contribution in [3.8, 4) is 16.9 Å². The molecular weight excluding hydrogens is 559 g/mol. The van der Waals surface area contributed by atoms with Crippen LogP contribution in [0.1, 0.15) is 100 Å². The summed E-state index contributed by atoms with van der Waals surface area (Å²) in [6, 6.07) is 22.7. The number of aliphatic imine (C=N–C) groups is 1. The van der Waals surface area contributed by atoms with Crippen molar-refractivity contribution >= 4 is 17.2 Å². The molecule has 1 aromatic heterocycles. The maximum atomic E-state index is 12.7. The normalized spacial score (nSPS) is 11.3. The second-order valence-electron chi connectivity index (χ2n) is 10.9. The average Bonchev–Trinajstić information content (AvgIpc) is 3.06. The lowest BCUT2D eigenvalue weighted by atomic mass is 9.90. The third-order valence-corrected chi connectivity index (χ3v) is 7.07. The fourth-order valence-corrected chi connectivity index (χ4v) is 4.76. The minimum atomic E-state index is -0.551. The van der Waals surface area contributed by atoms with Crippen molar-refractivity contribution in [2.24, 2.45) is 10.9 Å². The highest BCUT2D eigenvalue weighted by Gasteiger charge is 2.16. The van der Waals surface area contributed by atoms with Crippen LogP contribution in [0.2, 0.25) is 0 Å². The van der Waals surface area contributed by atoms with E-state index in [1.165, 1.54) is 12.1 Å². The highest BCUT2D eigenvalue weighted by Crippen LogP contribution is 2.28. The van der Waals surface area contributed by atoms with Crippen molar-refractivity contribution in [2.75, 3.05) is 0 Å². The number of Topliss-reactive ketones (excluding diaryl/α,β-unsaturated/α-hetero) is 1. The minimum Gasteiger partial charge on any atom is -0.505 e. The number of hydrogen-bond donors (Lipinski definition) is 1. The van der Waals surface area contributed by atoms with Gasteiger partial charge in [0.2, 0.25) is 0 Å². The first kappa shape index (κ1) is 36.8. The van der Waals surface area contributed by atoms with Gasteiger partial charge in [-0.05, 0) is 78.8 Å². The zero-order chi connectivity index (χ0) is 33.4. The van der Waals surface area contributed by atoms with Crippen molar-refractivity contribution in [3.05, 3.63) is 125 Å². The van der Waals surface area contributed by atoms with E-state index in [0.717, 1.165) is 76.0 Å². The van der Waals surface area contributed by atoms with Gasteiger partial charge < -0.3 is 5.11 Å². The number of halogens is 1. The van der Waals surface area contributed by atoms with Crippen molar-refractivity contribution in [1.82, 2.24) is 4.98 Å². The van der Waals surface area contributed by atoms with Crippen LogP contribution in [-0.4, -0.2) is 21.6 Å². The van der Waals surface area contributed by atoms with Gasteiger partial charge in [0.05, 0.1) is 5.70 Å². The molecule has 0 aliphatic heterocycles. The van der Waals surface area contributed by atoms with Crippen molar-refractivity contribution in [2.45, 2.75) is 81.1 Å². The molecule has 0 saturated heterocycles. The fraction of sp³-hybridized carbons (Fsp3) is 0.325. The monoisotopic (exact) mass is 608 g/mol. The van der Waals surface area contributed by atoms with E-state index in [9.17, 15) is 9.18 Å². The molecule has 0 amide bonds. The number of pyridine rings is 1. The van der Waals surface area contributed by atoms with Crippen molar-refractivity contribution < 1.29 is 14.3 Å². The number of rotatable bonds is 10. The summed E-state index contributed by atoms with van der Waals surface area (Å²) in [6.07, 6.45) is 9.75. The molecule has 0 aliphatic carbocycles. The number of aromatic nitrogens is 1. The Morgan fingerprint density at radius 2 is 1.69 bits per heavy atom. The van der Waals surface area contributed by atoms with Gasteiger partial charge in [-0.25, -0.2) is 4.39 Å². The van der Waals surface area contributed by atoms with Gasteiger partial charge in [-0.2, -0.15) is 0 Å². The van der Waals surface area contributed by atoms with E-state index >= 15 is 0 Å². The number of benzene rings is 3. The summed E-state index contributed by atoms with van der Waals surface area (Å²) < 4.78 is 12.5. The molecule has 0 unspecified atom stereocenters. The lowest BCUT2D eigenvalue weighted by Crippen LogP contribution is -2.09. The Morgan fingerprint density at radius 3 is 2.29 bits per heavy atom. The Kier molecular flexibility index (Phi) is 15.6. The highest BCUT2D eigenvalue weighted by molar-refractivity contribution is 6.05. The average molecular weight is 609 g/mol. The number of ketones is 1. The Morgan fingerprint density at radius 1 is 0.956 bits per heavy atom. The quantitative estimate of drug-likeness (QED) is 0.144. The Labute approximate surface area is 269 Å². The lowest BCUT2D eigenvalue weighted by Gasteiger charge is -2.14. The van der Waals surface area contributed by atoms with Crippen LogP contribution in [0.25, 0.3) is 16.8 Å². The second-order valence-corrected chi connectivity index (χ2v) is 10.9. The summed E-state index contributed by atoms with van der Waals surface area (Å²) >= 11 is 0. The predicted molar refractivity (Wildman–Crippen MR) is 189 cm³/mol. The zero-order valence-electron chi connectivity index (χ0n) is 28.2. The largest absolute Gasteiger partial charge is 0.505 e. The molecule has 0 fully saturated rings. The van der Waals surface area contributed by atoms with Crippen LogP contribution in [0.3, 0.4) is 0 Å². The van der Waals surface area contributed by atoms with Crippen molar-refractivity contribution in [3.63, 3.8) is 0 Å². The first-order valence-electron chi connectivity index (χ1n) is 16.0. The van der Waals surface area contributed by atoms with E-state index in [2.05, 4.69) is 43.1 Å². The van der Waals surface area contributed by atoms with Gasteiger partial charge in [-0.1, -0.05) is 109 Å². The van der Waals surface area contributed by atoms with E-state index in [1.54, 1.807) is 12.3 Å². The first-order valence-corrected chi connectivity index (χ1v) is 16.0. The Balaban J connectivity index is 0.000000454. The number of hydrogen-bond acceptors (Lipinski definition) is 4. The zero-order valence-corrected chi connectivity index (χ0v) is 28.2. The smallest absolute Gasteiger partial charge is 0.166 e. The van der Waals surface area contributed by atoms with Gasteiger partial charge in [-0.15, -0.1) is 0 Å². The molecule has 4 rings (SSSR count). The summed E-state index contributed by atoms with van der Waals surface area (Å²) in [5.74, 6) is -0.672. The predicted octanol–water partition coefficient (Wildman–Crippen LogP) is 11.1. The Bertz CT molecular complexity index is 1570. The van der Waals surface area contributed by atoms with E-state index in [-0.39, 0.29) is 17.5 Å². The number of carbonyl (C=O) groups excluding carboxylic acids is 1. The van der Waals surface area contributed by atoms with Gasteiger partial charge in [-0.3, -0.25) is 14.8 Å². The SMILES string of the molecule is CC.CCC/C=C(/N=C(C)c1ccc(-c2ccccc2C(=O)C(C)C)cc1C)c1cccnc1.CCCc1ccc(F)c(O)c1. The van der Waals surface area contributed by atoms with Crippen LogP contribution in [0.4, 0.5) is 4.39 Å². The molecule has 0 saturated carbocycles. The second kappa shape index (κ2) is 19.1. The Hall–Kier alpha value is -4.38. The number of phenolic OH excluding ortho intramolecular Hbond substituents is 1. The van der Waals surface area contributed by atoms with Gasteiger partial charge >= 0.3 is 0 Å². The van der Waals surface area contributed by atoms with Crippen LogP contribution in [0.5, 0.6) is 5.75 Å². The van der Waals surface area contributed by atoms with Gasteiger partial charge in [0, 0.05) is 35.2 Å². The van der Waals surface area contributed by atoms with E-state index in [1.807, 2.05) is 84.1 Å². The summed E-state index contributed by atoms with van der Waals surface area (Å²) in [5, 5.41) is 8.95. The summed E-state index contributed by atoms with van der Waals surface area (Å²) in [5.41, 5.74) is 8.97. The molecule has 3 aromatic carbocycles. The van der Waals surface area contributed by atoms with Crippen molar-refractivity contribution in [1.29, 1.82) is 0 Å². The number of carbonyl (C=O) groups is 1. The summed E-state index contributed by atoms with van der Waals surface area (Å²) in [6.45, 7) is 16.2. The highest BCUT2D eigenvalue weighted by atomic mass is 19.1. The molecular formula is C40H49FN2O2. The van der Waals surface area contributed by atoms with E-state index in [4.69, 9.17) is 10.1 Å². The molecule has 0 atom stereocenters. The summed E-state index contributed by atoms with van der Waals surface area (Å²) in [4.78, 5) is 21.9. The number of aromatic hydroxyl groups is 1. The maximum Gasteiger partial charge on any atom is 0.166 e. The number of nitrogens with zero attached hydrogens (tertiary/aromatic N) is 2. The van der Waals surface area contributed by atoms with E-state index < -0.39 is 5.82 Å². The van der Waals surface area contributed by atoms with Crippen LogP contribution in [-0.2, 0) is 6.42 Å². The fourth-order valence-electron chi connectivity index (χ4n) is 4.76. The van der Waals surface area contributed by atoms with Crippen LogP contribution in [0, 0.1) is 18.7 Å². The lowest BCUT2D eigenvalue weighted by molar-refractivity contribution is 0.0940. The van der Waals surface area contributed by atoms with E-state index in [0.29, 0.717) is 0 Å². The third-order valence-electron chi connectivity index (χ3n) is 7.07. The van der Waals surface area contributed by atoms with Gasteiger partial charge in [0.25, 0.3) is 0 Å². The van der Waals surface area contributed by atoms with Gasteiger partial charge in [0.15, 0.2) is 17.3 Å².